The van der Waals surface area contributed by atoms with Gasteiger partial charge in [-0.3, -0.25) is 9.88 Å². The van der Waals surface area contributed by atoms with Gasteiger partial charge in [0.05, 0.1) is 5.69 Å². The van der Waals surface area contributed by atoms with Crippen LogP contribution in [0.1, 0.15) is 38.9 Å². The lowest BCUT2D eigenvalue weighted by atomic mass is 10.2. The summed E-state index contributed by atoms with van der Waals surface area (Å²) >= 11 is 0. The molecule has 3 nitrogen and oxygen atoms in total. The fourth-order valence-electron chi connectivity index (χ4n) is 2.56. The molecule has 0 amide bonds. The van der Waals surface area contributed by atoms with Crippen LogP contribution < -0.4 is 5.32 Å². The van der Waals surface area contributed by atoms with Gasteiger partial charge in [0.15, 0.2) is 0 Å². The molecule has 0 bridgehead atoms. The van der Waals surface area contributed by atoms with Crippen molar-refractivity contribution in [3.8, 4) is 0 Å². The zero-order chi connectivity index (χ0) is 12.3. The Balaban J connectivity index is 1.92. The van der Waals surface area contributed by atoms with Crippen molar-refractivity contribution in [3.63, 3.8) is 0 Å². The van der Waals surface area contributed by atoms with Crippen LogP contribution in [0, 0.1) is 0 Å². The maximum absolute atomic E-state index is 4.45. The molecular weight excluding hydrogens is 210 g/mol. The van der Waals surface area contributed by atoms with Crippen LogP contribution in [0.3, 0.4) is 0 Å². The highest BCUT2D eigenvalue weighted by atomic mass is 15.2. The minimum atomic E-state index is 0.426. The highest BCUT2D eigenvalue weighted by Crippen LogP contribution is 2.23. The molecule has 1 aromatic rings. The third-order valence-electron chi connectivity index (χ3n) is 3.45. The van der Waals surface area contributed by atoms with Crippen molar-refractivity contribution in [1.82, 2.24) is 15.2 Å². The average molecular weight is 233 g/mol. The number of pyridine rings is 1. The highest BCUT2D eigenvalue weighted by Gasteiger charge is 2.27. The molecule has 0 spiro atoms. The molecule has 1 aliphatic rings. The second kappa shape index (κ2) is 5.61. The maximum Gasteiger partial charge on any atom is 0.0572 e. The number of likely N-dealkylation sites (tertiary alicyclic amines) is 1. The van der Waals surface area contributed by atoms with Crippen LogP contribution in [0.2, 0.25) is 0 Å². The van der Waals surface area contributed by atoms with Gasteiger partial charge >= 0.3 is 0 Å². The van der Waals surface area contributed by atoms with Gasteiger partial charge in [0.25, 0.3) is 0 Å². The van der Waals surface area contributed by atoms with Crippen LogP contribution in [0.4, 0.5) is 0 Å². The lowest BCUT2D eigenvalue weighted by Crippen LogP contribution is -2.37. The smallest absolute Gasteiger partial charge is 0.0572 e. The summed E-state index contributed by atoms with van der Waals surface area (Å²) in [7, 11) is 0. The van der Waals surface area contributed by atoms with E-state index in [1.807, 2.05) is 12.3 Å². The molecule has 2 heterocycles. The van der Waals surface area contributed by atoms with Crippen molar-refractivity contribution in [1.29, 1.82) is 0 Å². The van der Waals surface area contributed by atoms with Gasteiger partial charge in [-0.15, -0.1) is 0 Å². The van der Waals surface area contributed by atoms with Gasteiger partial charge < -0.3 is 5.32 Å². The van der Waals surface area contributed by atoms with Crippen LogP contribution >= 0.6 is 0 Å². The Hall–Kier alpha value is -0.930. The minimum Gasteiger partial charge on any atom is -0.310 e. The number of nitrogens with one attached hydrogen (secondary N) is 1. The van der Waals surface area contributed by atoms with Crippen molar-refractivity contribution < 1.29 is 0 Å². The number of aromatic nitrogens is 1. The van der Waals surface area contributed by atoms with Crippen LogP contribution in [0.5, 0.6) is 0 Å². The van der Waals surface area contributed by atoms with E-state index in [-0.39, 0.29) is 0 Å². The quantitative estimate of drug-likeness (QED) is 0.864. The molecule has 0 aromatic carbocycles. The van der Waals surface area contributed by atoms with Gasteiger partial charge in [-0.05, 0) is 25.5 Å². The number of nitrogens with zero attached hydrogens (tertiary/aromatic N) is 2. The third kappa shape index (κ3) is 3.27. The predicted molar refractivity (Wildman–Crippen MR) is 70.9 cm³/mol. The third-order valence-corrected chi connectivity index (χ3v) is 3.45. The molecule has 1 saturated heterocycles. The monoisotopic (exact) mass is 233 g/mol. The zero-order valence-corrected chi connectivity index (χ0v) is 11.1. The van der Waals surface area contributed by atoms with Crippen LogP contribution in [0.25, 0.3) is 0 Å². The molecule has 94 valence electrons. The fourth-order valence-corrected chi connectivity index (χ4v) is 2.56. The van der Waals surface area contributed by atoms with Gasteiger partial charge in [0.1, 0.15) is 0 Å². The van der Waals surface area contributed by atoms with Gasteiger partial charge in [-0.25, -0.2) is 0 Å². The molecule has 3 heteroatoms. The molecule has 0 radical (unpaired) electrons. The maximum atomic E-state index is 4.45. The SMILES string of the molecule is CC(C)NC1CCN(C(C)c2ccccn2)C1. The average Bonchev–Trinajstić information content (AvgIpc) is 2.77. The first-order valence-electron chi connectivity index (χ1n) is 6.58. The Bertz CT molecular complexity index is 337. The topological polar surface area (TPSA) is 28.2 Å². The zero-order valence-electron chi connectivity index (χ0n) is 11.1. The van der Waals surface area contributed by atoms with E-state index in [0.717, 1.165) is 6.54 Å². The first-order valence-corrected chi connectivity index (χ1v) is 6.58. The van der Waals surface area contributed by atoms with E-state index in [0.29, 0.717) is 18.1 Å². The molecule has 1 N–H and O–H groups in total. The number of hydrogen-bond donors (Lipinski definition) is 1. The molecule has 1 fully saturated rings. The molecule has 2 atom stereocenters. The van der Waals surface area contributed by atoms with E-state index >= 15 is 0 Å². The van der Waals surface area contributed by atoms with Crippen LogP contribution in [-0.4, -0.2) is 35.1 Å². The Morgan fingerprint density at radius 2 is 2.18 bits per heavy atom. The summed E-state index contributed by atoms with van der Waals surface area (Å²) in [4.78, 5) is 6.96. The minimum absolute atomic E-state index is 0.426. The predicted octanol–water partition coefficient (Wildman–Crippen LogP) is 2.21. The fraction of sp³-hybridized carbons (Fsp3) is 0.643. The van der Waals surface area contributed by atoms with Crippen molar-refractivity contribution in [2.45, 2.75) is 45.3 Å². The summed E-state index contributed by atoms with van der Waals surface area (Å²) in [6.07, 6.45) is 3.13. The Labute approximate surface area is 104 Å². The lowest BCUT2D eigenvalue weighted by molar-refractivity contribution is 0.250. The van der Waals surface area contributed by atoms with Crippen molar-refractivity contribution in [3.05, 3.63) is 30.1 Å². The van der Waals surface area contributed by atoms with Crippen molar-refractivity contribution in [2.24, 2.45) is 0 Å². The van der Waals surface area contributed by atoms with E-state index in [4.69, 9.17) is 0 Å². The summed E-state index contributed by atoms with van der Waals surface area (Å²) < 4.78 is 0. The van der Waals surface area contributed by atoms with Crippen molar-refractivity contribution >= 4 is 0 Å². The summed E-state index contributed by atoms with van der Waals surface area (Å²) in [5.74, 6) is 0. The Morgan fingerprint density at radius 1 is 1.35 bits per heavy atom. The van der Waals surface area contributed by atoms with E-state index in [1.165, 1.54) is 18.7 Å². The molecule has 0 aliphatic carbocycles. The molecule has 2 unspecified atom stereocenters. The summed E-state index contributed by atoms with van der Waals surface area (Å²) in [6.45, 7) is 8.98. The van der Waals surface area contributed by atoms with E-state index in [1.54, 1.807) is 0 Å². The molecule has 0 saturated carbocycles. The van der Waals surface area contributed by atoms with Gasteiger partial charge in [0.2, 0.25) is 0 Å². The van der Waals surface area contributed by atoms with Crippen LogP contribution in [-0.2, 0) is 0 Å². The van der Waals surface area contributed by atoms with E-state index in [9.17, 15) is 0 Å². The lowest BCUT2D eigenvalue weighted by Gasteiger charge is -2.24. The van der Waals surface area contributed by atoms with Crippen LogP contribution in [0.15, 0.2) is 24.4 Å². The Kier molecular flexibility index (Phi) is 4.13. The van der Waals surface area contributed by atoms with Gasteiger partial charge in [-0.1, -0.05) is 19.9 Å². The molecule has 2 rings (SSSR count). The standard InChI is InChI=1S/C14H23N3/c1-11(2)16-13-7-9-17(10-13)12(3)14-6-4-5-8-15-14/h4-6,8,11-13,16H,7,9-10H2,1-3H3. The second-order valence-corrected chi connectivity index (χ2v) is 5.23. The normalized spacial score (nSPS) is 23.2. The number of hydrogen-bond acceptors (Lipinski definition) is 3. The molecule has 1 aliphatic heterocycles. The first-order chi connectivity index (χ1) is 8.16. The molecule has 17 heavy (non-hydrogen) atoms. The van der Waals surface area contributed by atoms with Gasteiger partial charge in [-0.2, -0.15) is 0 Å². The summed E-state index contributed by atoms with van der Waals surface area (Å²) in [5, 5.41) is 3.62. The highest BCUT2D eigenvalue weighted by molar-refractivity contribution is 5.08. The number of rotatable bonds is 4. The van der Waals surface area contributed by atoms with Crippen molar-refractivity contribution in [2.75, 3.05) is 13.1 Å². The molecular formula is C14H23N3. The molecule has 1 aromatic heterocycles. The van der Waals surface area contributed by atoms with Gasteiger partial charge in [0, 0.05) is 37.4 Å². The Morgan fingerprint density at radius 3 is 2.82 bits per heavy atom. The second-order valence-electron chi connectivity index (χ2n) is 5.23. The largest absolute Gasteiger partial charge is 0.310 e. The summed E-state index contributed by atoms with van der Waals surface area (Å²) in [5.41, 5.74) is 1.18. The van der Waals surface area contributed by atoms with E-state index < -0.39 is 0 Å². The first kappa shape index (κ1) is 12.5. The summed E-state index contributed by atoms with van der Waals surface area (Å²) in [6, 6.07) is 7.80. The van der Waals surface area contributed by atoms with E-state index in [2.05, 4.69) is 48.1 Å².